The number of carbonyl (C=O) groups excluding carboxylic acids is 1. The Kier molecular flexibility index (Phi) is 4.18. The predicted octanol–water partition coefficient (Wildman–Crippen LogP) is 1.89. The van der Waals surface area contributed by atoms with Crippen LogP contribution in [0.4, 0.5) is 0 Å². The zero-order valence-electron chi connectivity index (χ0n) is 10.5. The highest BCUT2D eigenvalue weighted by atomic mass is 16.7. The van der Waals surface area contributed by atoms with Gasteiger partial charge in [-0.1, -0.05) is 0 Å². The van der Waals surface area contributed by atoms with Crippen molar-refractivity contribution in [2.45, 2.75) is 32.0 Å². The SMILES string of the molecule is COC(CCC1COC2=CC(=O)CCC21)OC. The van der Waals surface area contributed by atoms with Gasteiger partial charge in [-0.25, -0.2) is 0 Å². The van der Waals surface area contributed by atoms with E-state index in [4.69, 9.17) is 14.2 Å². The van der Waals surface area contributed by atoms with E-state index < -0.39 is 0 Å². The van der Waals surface area contributed by atoms with Crippen LogP contribution >= 0.6 is 0 Å². The summed E-state index contributed by atoms with van der Waals surface area (Å²) in [6, 6.07) is 0. The molecule has 0 radical (unpaired) electrons. The minimum atomic E-state index is -0.131. The maximum atomic E-state index is 11.3. The Balaban J connectivity index is 1.87. The van der Waals surface area contributed by atoms with Crippen molar-refractivity contribution in [2.75, 3.05) is 20.8 Å². The third-order valence-electron chi connectivity index (χ3n) is 3.70. The first-order chi connectivity index (χ1) is 8.24. The lowest BCUT2D eigenvalue weighted by Gasteiger charge is -2.21. The highest BCUT2D eigenvalue weighted by Crippen LogP contribution is 2.39. The molecule has 1 saturated heterocycles. The van der Waals surface area contributed by atoms with Gasteiger partial charge in [-0.3, -0.25) is 4.79 Å². The maximum absolute atomic E-state index is 11.3. The Labute approximate surface area is 102 Å². The molecule has 0 amide bonds. The topological polar surface area (TPSA) is 44.8 Å². The molecule has 0 spiro atoms. The summed E-state index contributed by atoms with van der Waals surface area (Å²) in [5.41, 5.74) is 0. The van der Waals surface area contributed by atoms with Crippen LogP contribution in [0.25, 0.3) is 0 Å². The first-order valence-electron chi connectivity index (χ1n) is 6.17. The molecule has 2 aliphatic rings. The first kappa shape index (κ1) is 12.6. The molecule has 0 aromatic carbocycles. The maximum Gasteiger partial charge on any atom is 0.159 e. The molecule has 2 rings (SSSR count). The Hall–Kier alpha value is -0.870. The summed E-state index contributed by atoms with van der Waals surface area (Å²) in [5, 5.41) is 0. The number of rotatable bonds is 5. The van der Waals surface area contributed by atoms with E-state index >= 15 is 0 Å². The largest absolute Gasteiger partial charge is 0.497 e. The molecule has 0 bridgehead atoms. The lowest BCUT2D eigenvalue weighted by atomic mass is 9.83. The van der Waals surface area contributed by atoms with Gasteiger partial charge in [0.1, 0.15) is 5.76 Å². The van der Waals surface area contributed by atoms with Crippen LogP contribution in [0.5, 0.6) is 0 Å². The molecule has 4 nitrogen and oxygen atoms in total. The number of hydrogen-bond acceptors (Lipinski definition) is 4. The molecule has 1 aliphatic carbocycles. The third kappa shape index (κ3) is 2.87. The van der Waals surface area contributed by atoms with Gasteiger partial charge in [0.2, 0.25) is 0 Å². The predicted molar refractivity (Wildman–Crippen MR) is 62.3 cm³/mol. The Morgan fingerprint density at radius 2 is 2.24 bits per heavy atom. The first-order valence-corrected chi connectivity index (χ1v) is 6.17. The van der Waals surface area contributed by atoms with Crippen molar-refractivity contribution in [3.8, 4) is 0 Å². The lowest BCUT2D eigenvalue weighted by Crippen LogP contribution is -2.20. The van der Waals surface area contributed by atoms with E-state index in [9.17, 15) is 4.79 Å². The van der Waals surface area contributed by atoms with Gasteiger partial charge >= 0.3 is 0 Å². The average molecular weight is 240 g/mol. The molecule has 1 heterocycles. The number of allylic oxidation sites excluding steroid dienone is 2. The minimum Gasteiger partial charge on any atom is -0.497 e. The van der Waals surface area contributed by atoms with Crippen LogP contribution in [0.1, 0.15) is 25.7 Å². The van der Waals surface area contributed by atoms with Gasteiger partial charge in [-0.05, 0) is 19.3 Å². The molecular weight excluding hydrogens is 220 g/mol. The second-order valence-electron chi connectivity index (χ2n) is 4.71. The van der Waals surface area contributed by atoms with E-state index in [1.807, 2.05) is 0 Å². The Bertz CT molecular complexity index is 307. The smallest absolute Gasteiger partial charge is 0.159 e. The van der Waals surface area contributed by atoms with Crippen LogP contribution < -0.4 is 0 Å². The summed E-state index contributed by atoms with van der Waals surface area (Å²) in [6.07, 6.45) is 5.03. The van der Waals surface area contributed by atoms with E-state index in [0.717, 1.165) is 31.6 Å². The van der Waals surface area contributed by atoms with Crippen LogP contribution in [-0.2, 0) is 19.0 Å². The standard InChI is InChI=1S/C13H20O4/c1-15-13(16-2)6-3-9-8-17-12-7-10(14)4-5-11(9)12/h7,9,11,13H,3-6,8H2,1-2H3. The monoisotopic (exact) mass is 240 g/mol. The number of fused-ring (bicyclic) bond motifs is 1. The molecule has 1 fully saturated rings. The van der Waals surface area contributed by atoms with Gasteiger partial charge in [0.05, 0.1) is 6.61 Å². The summed E-state index contributed by atoms with van der Waals surface area (Å²) in [6.45, 7) is 0.726. The molecular formula is C13H20O4. The van der Waals surface area contributed by atoms with E-state index in [-0.39, 0.29) is 12.1 Å². The second-order valence-corrected chi connectivity index (χ2v) is 4.71. The second kappa shape index (κ2) is 5.65. The molecule has 4 heteroatoms. The zero-order valence-corrected chi connectivity index (χ0v) is 10.5. The number of carbonyl (C=O) groups is 1. The quantitative estimate of drug-likeness (QED) is 0.688. The third-order valence-corrected chi connectivity index (χ3v) is 3.70. The summed E-state index contributed by atoms with van der Waals surface area (Å²) < 4.78 is 16.0. The van der Waals surface area contributed by atoms with E-state index in [1.54, 1.807) is 20.3 Å². The average Bonchev–Trinajstić information content (AvgIpc) is 2.73. The van der Waals surface area contributed by atoms with E-state index in [2.05, 4.69) is 0 Å². The minimum absolute atomic E-state index is 0.131. The van der Waals surface area contributed by atoms with E-state index in [0.29, 0.717) is 18.3 Å². The van der Waals surface area contributed by atoms with Crippen molar-refractivity contribution in [1.29, 1.82) is 0 Å². The van der Waals surface area contributed by atoms with Gasteiger partial charge in [-0.2, -0.15) is 0 Å². The van der Waals surface area contributed by atoms with Gasteiger partial charge in [0.25, 0.3) is 0 Å². The van der Waals surface area contributed by atoms with Crippen molar-refractivity contribution in [2.24, 2.45) is 11.8 Å². The van der Waals surface area contributed by atoms with Crippen LogP contribution in [0.2, 0.25) is 0 Å². The van der Waals surface area contributed by atoms with Crippen molar-refractivity contribution < 1.29 is 19.0 Å². The molecule has 0 aromatic heterocycles. The van der Waals surface area contributed by atoms with Crippen LogP contribution in [0.3, 0.4) is 0 Å². The van der Waals surface area contributed by atoms with Gasteiger partial charge < -0.3 is 14.2 Å². The van der Waals surface area contributed by atoms with Crippen molar-refractivity contribution >= 4 is 5.78 Å². The molecule has 2 atom stereocenters. The van der Waals surface area contributed by atoms with Crippen molar-refractivity contribution in [3.63, 3.8) is 0 Å². The normalized spacial score (nSPS) is 27.9. The fraction of sp³-hybridized carbons (Fsp3) is 0.769. The fourth-order valence-electron chi connectivity index (χ4n) is 2.68. The molecule has 17 heavy (non-hydrogen) atoms. The van der Waals surface area contributed by atoms with Gasteiger partial charge in [0, 0.05) is 38.6 Å². The van der Waals surface area contributed by atoms with Gasteiger partial charge in [-0.15, -0.1) is 0 Å². The summed E-state index contributed by atoms with van der Waals surface area (Å²) in [4.78, 5) is 11.3. The fourth-order valence-corrected chi connectivity index (χ4v) is 2.68. The van der Waals surface area contributed by atoms with Gasteiger partial charge in [0.15, 0.2) is 12.1 Å². The molecule has 0 N–H and O–H groups in total. The van der Waals surface area contributed by atoms with Crippen LogP contribution in [0, 0.1) is 11.8 Å². The van der Waals surface area contributed by atoms with Crippen molar-refractivity contribution in [1.82, 2.24) is 0 Å². The van der Waals surface area contributed by atoms with Crippen LogP contribution in [-0.4, -0.2) is 32.9 Å². The molecule has 1 aliphatic heterocycles. The lowest BCUT2D eigenvalue weighted by molar-refractivity contribution is -0.115. The molecule has 0 aromatic rings. The van der Waals surface area contributed by atoms with Crippen molar-refractivity contribution in [3.05, 3.63) is 11.8 Å². The highest BCUT2D eigenvalue weighted by Gasteiger charge is 2.36. The number of methoxy groups -OCH3 is 2. The Morgan fingerprint density at radius 1 is 1.47 bits per heavy atom. The Morgan fingerprint density at radius 3 is 2.94 bits per heavy atom. The number of ether oxygens (including phenoxy) is 3. The number of ketones is 1. The highest BCUT2D eigenvalue weighted by molar-refractivity contribution is 5.91. The summed E-state index contributed by atoms with van der Waals surface area (Å²) in [5.74, 6) is 2.03. The zero-order chi connectivity index (χ0) is 12.3. The summed E-state index contributed by atoms with van der Waals surface area (Å²) in [7, 11) is 3.31. The number of hydrogen-bond donors (Lipinski definition) is 0. The molecule has 0 saturated carbocycles. The van der Waals surface area contributed by atoms with E-state index in [1.165, 1.54) is 0 Å². The molecule has 96 valence electrons. The van der Waals surface area contributed by atoms with Crippen LogP contribution in [0.15, 0.2) is 11.8 Å². The molecule has 2 unspecified atom stereocenters. The summed E-state index contributed by atoms with van der Waals surface area (Å²) >= 11 is 0.